The maximum Gasteiger partial charge on any atom is 0.255 e. The maximum atomic E-state index is 12.9. The molecule has 2 nitrogen and oxygen atoms in total. The molecule has 6 heteroatoms. The van der Waals surface area contributed by atoms with Crippen molar-refractivity contribution >= 4 is 11.6 Å². The standard InChI is InChI=1S/C13H7F4NO/c14-8-3-7(4-9(15)5-8)13(19)18-10-1-2-11(16)12(17)6-10/h1-6H,(H,18,19). The quantitative estimate of drug-likeness (QED) is 0.831. The first-order chi connectivity index (χ1) is 8.95. The summed E-state index contributed by atoms with van der Waals surface area (Å²) in [6.45, 7) is 0. The van der Waals surface area contributed by atoms with Crippen LogP contribution in [-0.4, -0.2) is 5.91 Å². The predicted octanol–water partition coefficient (Wildman–Crippen LogP) is 3.50. The van der Waals surface area contributed by atoms with Gasteiger partial charge >= 0.3 is 0 Å². The van der Waals surface area contributed by atoms with E-state index < -0.39 is 29.2 Å². The summed E-state index contributed by atoms with van der Waals surface area (Å²) < 4.78 is 51.4. The van der Waals surface area contributed by atoms with E-state index in [-0.39, 0.29) is 11.3 Å². The van der Waals surface area contributed by atoms with Crippen molar-refractivity contribution in [1.82, 2.24) is 0 Å². The summed E-state index contributed by atoms with van der Waals surface area (Å²) >= 11 is 0. The molecule has 0 saturated carbocycles. The Kier molecular flexibility index (Phi) is 3.50. The number of hydrogen-bond donors (Lipinski definition) is 1. The van der Waals surface area contributed by atoms with Crippen LogP contribution in [0, 0.1) is 23.3 Å². The lowest BCUT2D eigenvalue weighted by Crippen LogP contribution is -2.12. The Labute approximate surface area is 105 Å². The van der Waals surface area contributed by atoms with Crippen molar-refractivity contribution in [3.8, 4) is 0 Å². The summed E-state index contributed by atoms with van der Waals surface area (Å²) in [7, 11) is 0. The number of rotatable bonds is 2. The second-order valence-electron chi connectivity index (χ2n) is 3.74. The molecule has 0 bridgehead atoms. The van der Waals surface area contributed by atoms with Gasteiger partial charge in [-0.25, -0.2) is 17.6 Å². The van der Waals surface area contributed by atoms with Gasteiger partial charge in [0, 0.05) is 23.4 Å². The molecular formula is C13H7F4NO. The molecule has 1 amide bonds. The Morgan fingerprint density at radius 2 is 1.47 bits per heavy atom. The number of benzene rings is 2. The zero-order valence-electron chi connectivity index (χ0n) is 9.38. The van der Waals surface area contributed by atoms with Crippen molar-refractivity contribution in [3.05, 3.63) is 65.2 Å². The topological polar surface area (TPSA) is 29.1 Å². The number of hydrogen-bond acceptors (Lipinski definition) is 1. The monoisotopic (exact) mass is 269 g/mol. The minimum Gasteiger partial charge on any atom is -0.322 e. The zero-order chi connectivity index (χ0) is 14.0. The van der Waals surface area contributed by atoms with Crippen molar-refractivity contribution in [2.75, 3.05) is 5.32 Å². The van der Waals surface area contributed by atoms with E-state index in [9.17, 15) is 22.4 Å². The first kappa shape index (κ1) is 13.1. The first-order valence-corrected chi connectivity index (χ1v) is 5.18. The van der Waals surface area contributed by atoms with Gasteiger partial charge in [-0.3, -0.25) is 4.79 Å². The molecule has 0 fully saturated rings. The first-order valence-electron chi connectivity index (χ1n) is 5.18. The molecule has 0 saturated heterocycles. The molecule has 0 spiro atoms. The van der Waals surface area contributed by atoms with Crippen LogP contribution in [0.2, 0.25) is 0 Å². The molecule has 0 radical (unpaired) electrons. The van der Waals surface area contributed by atoms with Crippen LogP contribution in [0.15, 0.2) is 36.4 Å². The van der Waals surface area contributed by atoms with Crippen LogP contribution in [-0.2, 0) is 0 Å². The molecule has 0 atom stereocenters. The van der Waals surface area contributed by atoms with Gasteiger partial charge in [-0.2, -0.15) is 0 Å². The second-order valence-corrected chi connectivity index (χ2v) is 3.74. The molecule has 0 heterocycles. The Morgan fingerprint density at radius 1 is 0.842 bits per heavy atom. The molecule has 2 aromatic carbocycles. The van der Waals surface area contributed by atoms with E-state index in [4.69, 9.17) is 0 Å². The average molecular weight is 269 g/mol. The van der Waals surface area contributed by atoms with Crippen LogP contribution >= 0.6 is 0 Å². The van der Waals surface area contributed by atoms with Crippen LogP contribution in [0.25, 0.3) is 0 Å². The molecule has 2 aromatic rings. The lowest BCUT2D eigenvalue weighted by molar-refractivity contribution is 0.102. The van der Waals surface area contributed by atoms with Gasteiger partial charge in [0.05, 0.1) is 0 Å². The summed E-state index contributed by atoms with van der Waals surface area (Å²) in [6, 6.07) is 5.01. The predicted molar refractivity (Wildman–Crippen MR) is 60.7 cm³/mol. The van der Waals surface area contributed by atoms with Crippen molar-refractivity contribution < 1.29 is 22.4 Å². The third-order valence-corrected chi connectivity index (χ3v) is 2.30. The van der Waals surface area contributed by atoms with Crippen LogP contribution in [0.3, 0.4) is 0 Å². The van der Waals surface area contributed by atoms with E-state index in [2.05, 4.69) is 5.32 Å². The van der Waals surface area contributed by atoms with Gasteiger partial charge in [-0.15, -0.1) is 0 Å². The SMILES string of the molecule is O=C(Nc1ccc(F)c(F)c1)c1cc(F)cc(F)c1. The molecule has 0 aliphatic rings. The smallest absolute Gasteiger partial charge is 0.255 e. The highest BCUT2D eigenvalue weighted by atomic mass is 19.2. The number of anilines is 1. The number of nitrogens with one attached hydrogen (secondary N) is 1. The van der Waals surface area contributed by atoms with Crippen LogP contribution in [0.4, 0.5) is 23.2 Å². The summed E-state index contributed by atoms with van der Waals surface area (Å²) in [5, 5.41) is 2.20. The molecule has 0 aromatic heterocycles. The zero-order valence-corrected chi connectivity index (χ0v) is 9.38. The van der Waals surface area contributed by atoms with Crippen molar-refractivity contribution in [3.63, 3.8) is 0 Å². The van der Waals surface area contributed by atoms with E-state index in [1.807, 2.05) is 0 Å². The summed E-state index contributed by atoms with van der Waals surface area (Å²) in [4.78, 5) is 11.7. The fourth-order valence-corrected chi connectivity index (χ4v) is 1.46. The van der Waals surface area contributed by atoms with Gasteiger partial charge in [-0.05, 0) is 24.3 Å². The van der Waals surface area contributed by atoms with Crippen molar-refractivity contribution in [1.29, 1.82) is 0 Å². The lowest BCUT2D eigenvalue weighted by Gasteiger charge is -2.06. The number of halogens is 4. The summed E-state index contributed by atoms with van der Waals surface area (Å²) in [5.41, 5.74) is -0.282. The molecule has 19 heavy (non-hydrogen) atoms. The Bertz CT molecular complexity index is 622. The molecule has 0 unspecified atom stereocenters. The Morgan fingerprint density at radius 3 is 2.05 bits per heavy atom. The molecule has 1 N–H and O–H groups in total. The fraction of sp³-hybridized carbons (Fsp3) is 0. The minimum absolute atomic E-state index is 0.0198. The number of amides is 1. The van der Waals surface area contributed by atoms with E-state index in [0.29, 0.717) is 6.07 Å². The molecule has 0 aliphatic heterocycles. The second kappa shape index (κ2) is 5.09. The Hall–Kier alpha value is -2.37. The normalized spacial score (nSPS) is 10.3. The van der Waals surface area contributed by atoms with E-state index in [1.54, 1.807) is 0 Å². The van der Waals surface area contributed by atoms with Gasteiger partial charge in [0.15, 0.2) is 11.6 Å². The minimum atomic E-state index is -1.14. The lowest BCUT2D eigenvalue weighted by atomic mass is 10.2. The molecule has 0 aliphatic carbocycles. The number of carbonyl (C=O) groups is 1. The van der Waals surface area contributed by atoms with E-state index in [1.165, 1.54) is 0 Å². The Balaban J connectivity index is 2.22. The average Bonchev–Trinajstić information content (AvgIpc) is 2.32. The van der Waals surface area contributed by atoms with Crippen LogP contribution < -0.4 is 5.32 Å². The van der Waals surface area contributed by atoms with Crippen molar-refractivity contribution in [2.24, 2.45) is 0 Å². The number of carbonyl (C=O) groups excluding carboxylic acids is 1. The molecule has 98 valence electrons. The summed E-state index contributed by atoms with van der Waals surface area (Å²) in [5.74, 6) is -4.84. The van der Waals surface area contributed by atoms with Crippen LogP contribution in [0.1, 0.15) is 10.4 Å². The van der Waals surface area contributed by atoms with E-state index in [0.717, 1.165) is 30.3 Å². The van der Waals surface area contributed by atoms with Gasteiger partial charge < -0.3 is 5.32 Å². The van der Waals surface area contributed by atoms with Crippen LogP contribution in [0.5, 0.6) is 0 Å². The fourth-order valence-electron chi connectivity index (χ4n) is 1.46. The molecular weight excluding hydrogens is 262 g/mol. The van der Waals surface area contributed by atoms with Gasteiger partial charge in [0.2, 0.25) is 0 Å². The molecule has 2 rings (SSSR count). The van der Waals surface area contributed by atoms with Crippen molar-refractivity contribution in [2.45, 2.75) is 0 Å². The highest BCUT2D eigenvalue weighted by Gasteiger charge is 2.11. The van der Waals surface area contributed by atoms with Gasteiger partial charge in [0.1, 0.15) is 11.6 Å². The highest BCUT2D eigenvalue weighted by Crippen LogP contribution is 2.15. The van der Waals surface area contributed by atoms with Gasteiger partial charge in [0.25, 0.3) is 5.91 Å². The van der Waals surface area contributed by atoms with Gasteiger partial charge in [-0.1, -0.05) is 0 Å². The third kappa shape index (κ3) is 3.09. The summed E-state index contributed by atoms with van der Waals surface area (Å²) in [6.07, 6.45) is 0. The van der Waals surface area contributed by atoms with E-state index >= 15 is 0 Å². The third-order valence-electron chi connectivity index (χ3n) is 2.30. The largest absolute Gasteiger partial charge is 0.322 e. The maximum absolute atomic E-state index is 12.9. The highest BCUT2D eigenvalue weighted by molar-refractivity contribution is 6.04.